The molecule has 1 aliphatic heterocycles. The molecule has 1 unspecified atom stereocenters. The van der Waals surface area contributed by atoms with Crippen LogP contribution < -0.4 is 11.1 Å². The van der Waals surface area contributed by atoms with Crippen molar-refractivity contribution in [3.8, 4) is 0 Å². The Hall–Kier alpha value is -1.63. The molecule has 17 heavy (non-hydrogen) atoms. The average Bonchev–Trinajstić information content (AvgIpc) is 2.64. The second kappa shape index (κ2) is 4.70. The first-order valence-corrected chi connectivity index (χ1v) is 6.02. The van der Waals surface area contributed by atoms with Crippen molar-refractivity contribution in [3.05, 3.63) is 17.6 Å². The van der Waals surface area contributed by atoms with Gasteiger partial charge in [0, 0.05) is 11.8 Å². The maximum atomic E-state index is 11.0. The first-order chi connectivity index (χ1) is 8.04. The van der Waals surface area contributed by atoms with Crippen LogP contribution >= 0.6 is 11.8 Å². The molecule has 0 saturated heterocycles. The number of aliphatic imine (C=N–C) groups is 1. The fraction of sp³-hybridized carbons (Fsp3) is 0.400. The molecule has 90 valence electrons. The molecular weight excluding hydrogens is 238 g/mol. The Labute approximate surface area is 103 Å². The van der Waals surface area contributed by atoms with E-state index in [1.165, 1.54) is 11.8 Å². The normalized spacial score (nSPS) is 18.9. The summed E-state index contributed by atoms with van der Waals surface area (Å²) in [5.41, 5.74) is 6.10. The van der Waals surface area contributed by atoms with E-state index in [2.05, 4.69) is 20.3 Å². The summed E-state index contributed by atoms with van der Waals surface area (Å²) < 4.78 is 0. The molecule has 0 fully saturated rings. The number of nitrogens with one attached hydrogen (secondary N) is 1. The highest BCUT2D eigenvalue weighted by Gasteiger charge is 2.24. The van der Waals surface area contributed by atoms with Gasteiger partial charge in [-0.15, -0.1) is 0 Å². The number of carbonyl (C=O) groups excluding carboxylic acids is 1. The standard InChI is InChI=1S/C10H13N5OS/c1-5-3-8(14-6(2)13-5)15-10-12-4-7(17-10)9(11)16/h3,7H,4H2,1-2H3,(H2,11,16)(H,12,13,14,15). The molecule has 1 aromatic rings. The summed E-state index contributed by atoms with van der Waals surface area (Å²) in [6, 6.07) is 1.83. The minimum atomic E-state index is -0.342. The lowest BCUT2D eigenvalue weighted by molar-refractivity contribution is -0.117. The molecule has 1 atom stereocenters. The molecule has 0 bridgehead atoms. The number of hydrogen-bond acceptors (Lipinski definition) is 6. The van der Waals surface area contributed by atoms with Gasteiger partial charge in [0.05, 0.1) is 6.54 Å². The first-order valence-electron chi connectivity index (χ1n) is 5.14. The summed E-state index contributed by atoms with van der Waals surface area (Å²) in [4.78, 5) is 23.6. The quantitative estimate of drug-likeness (QED) is 0.796. The lowest BCUT2D eigenvalue weighted by atomic mass is 10.4. The van der Waals surface area contributed by atoms with E-state index in [-0.39, 0.29) is 11.2 Å². The van der Waals surface area contributed by atoms with Crippen LogP contribution in [0.15, 0.2) is 11.1 Å². The number of carbonyl (C=O) groups is 1. The number of primary amides is 1. The largest absolute Gasteiger partial charge is 0.369 e. The number of nitrogens with two attached hydrogens (primary N) is 1. The average molecular weight is 251 g/mol. The second-order valence-corrected chi connectivity index (χ2v) is 4.91. The van der Waals surface area contributed by atoms with Crippen LogP contribution in [0.4, 0.5) is 5.82 Å². The number of rotatable bonds is 2. The van der Waals surface area contributed by atoms with E-state index < -0.39 is 0 Å². The summed E-state index contributed by atoms with van der Waals surface area (Å²) in [6.07, 6.45) is 0. The summed E-state index contributed by atoms with van der Waals surface area (Å²) in [6.45, 7) is 4.15. The van der Waals surface area contributed by atoms with Crippen molar-refractivity contribution < 1.29 is 4.79 Å². The smallest absolute Gasteiger partial charge is 0.232 e. The molecule has 1 amide bonds. The third kappa shape index (κ3) is 2.94. The van der Waals surface area contributed by atoms with Crippen LogP contribution in [0.25, 0.3) is 0 Å². The minimum absolute atomic E-state index is 0.276. The van der Waals surface area contributed by atoms with E-state index in [0.29, 0.717) is 23.4 Å². The van der Waals surface area contributed by atoms with Gasteiger partial charge >= 0.3 is 0 Å². The first kappa shape index (κ1) is 11.8. The number of hydrogen-bond donors (Lipinski definition) is 2. The highest BCUT2D eigenvalue weighted by atomic mass is 32.2. The van der Waals surface area contributed by atoms with Gasteiger partial charge in [0.15, 0.2) is 5.17 Å². The summed E-state index contributed by atoms with van der Waals surface area (Å²) >= 11 is 1.33. The van der Waals surface area contributed by atoms with Gasteiger partial charge < -0.3 is 11.1 Å². The van der Waals surface area contributed by atoms with Crippen LogP contribution in [-0.4, -0.2) is 32.8 Å². The molecule has 0 saturated carbocycles. The van der Waals surface area contributed by atoms with Crippen molar-refractivity contribution in [1.29, 1.82) is 0 Å². The van der Waals surface area contributed by atoms with E-state index in [9.17, 15) is 4.79 Å². The Balaban J connectivity index is 2.05. The molecule has 0 spiro atoms. The number of nitrogens with zero attached hydrogens (tertiary/aromatic N) is 3. The van der Waals surface area contributed by atoms with Crippen LogP contribution in [0.3, 0.4) is 0 Å². The third-order valence-electron chi connectivity index (χ3n) is 2.17. The SMILES string of the molecule is Cc1cc(NC2=NCC(C(N)=O)S2)nc(C)n1. The van der Waals surface area contributed by atoms with Crippen molar-refractivity contribution in [2.75, 3.05) is 11.9 Å². The number of amidine groups is 1. The van der Waals surface area contributed by atoms with E-state index >= 15 is 0 Å². The zero-order valence-electron chi connectivity index (χ0n) is 9.60. The topological polar surface area (TPSA) is 93.3 Å². The third-order valence-corrected chi connectivity index (χ3v) is 3.29. The fourth-order valence-electron chi connectivity index (χ4n) is 1.48. The van der Waals surface area contributed by atoms with Crippen molar-refractivity contribution >= 4 is 28.7 Å². The Morgan fingerprint density at radius 2 is 2.29 bits per heavy atom. The minimum Gasteiger partial charge on any atom is -0.369 e. The number of aryl methyl sites for hydroxylation is 2. The van der Waals surface area contributed by atoms with E-state index in [1.807, 2.05) is 19.9 Å². The molecule has 7 heteroatoms. The maximum absolute atomic E-state index is 11.0. The molecule has 0 aliphatic carbocycles. The van der Waals surface area contributed by atoms with Gasteiger partial charge in [-0.1, -0.05) is 11.8 Å². The Kier molecular flexibility index (Phi) is 3.28. The number of anilines is 1. The van der Waals surface area contributed by atoms with Gasteiger partial charge in [0.1, 0.15) is 16.9 Å². The Morgan fingerprint density at radius 1 is 1.53 bits per heavy atom. The number of amides is 1. The van der Waals surface area contributed by atoms with E-state index in [4.69, 9.17) is 5.73 Å². The van der Waals surface area contributed by atoms with Gasteiger partial charge in [-0.25, -0.2) is 9.97 Å². The molecule has 2 heterocycles. The summed E-state index contributed by atoms with van der Waals surface area (Å²) in [5, 5.41) is 3.46. The van der Waals surface area contributed by atoms with Gasteiger partial charge in [-0.05, 0) is 13.8 Å². The molecule has 2 rings (SSSR count). The highest BCUT2D eigenvalue weighted by molar-refractivity contribution is 8.15. The molecular formula is C10H13N5OS. The van der Waals surface area contributed by atoms with Gasteiger partial charge in [-0.2, -0.15) is 0 Å². The van der Waals surface area contributed by atoms with Crippen LogP contribution in [0, 0.1) is 13.8 Å². The predicted octanol–water partition coefficient (Wildman–Crippen LogP) is 0.462. The van der Waals surface area contributed by atoms with Crippen LogP contribution in [0.2, 0.25) is 0 Å². The Bertz CT molecular complexity index is 467. The summed E-state index contributed by atoms with van der Waals surface area (Å²) in [5.74, 6) is 1.04. The van der Waals surface area contributed by atoms with E-state index in [1.54, 1.807) is 0 Å². The molecule has 1 aromatic heterocycles. The molecule has 0 aromatic carbocycles. The number of thioether (sulfide) groups is 1. The van der Waals surface area contributed by atoms with Crippen LogP contribution in [0.1, 0.15) is 11.5 Å². The molecule has 1 aliphatic rings. The van der Waals surface area contributed by atoms with Crippen molar-refractivity contribution in [2.24, 2.45) is 10.7 Å². The Morgan fingerprint density at radius 3 is 2.88 bits per heavy atom. The highest BCUT2D eigenvalue weighted by Crippen LogP contribution is 2.21. The molecule has 6 nitrogen and oxygen atoms in total. The zero-order valence-corrected chi connectivity index (χ0v) is 10.4. The van der Waals surface area contributed by atoms with Gasteiger partial charge in [0.2, 0.25) is 5.91 Å². The van der Waals surface area contributed by atoms with Crippen molar-refractivity contribution in [2.45, 2.75) is 19.1 Å². The maximum Gasteiger partial charge on any atom is 0.232 e. The monoisotopic (exact) mass is 251 g/mol. The number of aromatic nitrogens is 2. The second-order valence-electron chi connectivity index (χ2n) is 3.72. The molecule has 0 radical (unpaired) electrons. The van der Waals surface area contributed by atoms with Gasteiger partial charge in [-0.3, -0.25) is 9.79 Å². The predicted molar refractivity (Wildman–Crippen MR) is 68.0 cm³/mol. The van der Waals surface area contributed by atoms with Crippen LogP contribution in [0.5, 0.6) is 0 Å². The van der Waals surface area contributed by atoms with Crippen molar-refractivity contribution in [3.63, 3.8) is 0 Å². The zero-order chi connectivity index (χ0) is 12.4. The lowest BCUT2D eigenvalue weighted by Crippen LogP contribution is -2.26. The van der Waals surface area contributed by atoms with Crippen molar-refractivity contribution in [1.82, 2.24) is 9.97 Å². The van der Waals surface area contributed by atoms with E-state index in [0.717, 1.165) is 5.69 Å². The fourth-order valence-corrected chi connectivity index (χ4v) is 2.33. The van der Waals surface area contributed by atoms with Gasteiger partial charge in [0.25, 0.3) is 0 Å². The lowest BCUT2D eigenvalue weighted by Gasteiger charge is -2.06. The summed E-state index contributed by atoms with van der Waals surface area (Å²) in [7, 11) is 0. The van der Waals surface area contributed by atoms with Crippen LogP contribution in [-0.2, 0) is 4.79 Å². The molecule has 3 N–H and O–H groups in total.